The molecule has 0 unspecified atom stereocenters. The molecule has 16 heavy (non-hydrogen) atoms. The van der Waals surface area contributed by atoms with E-state index in [0.29, 0.717) is 0 Å². The summed E-state index contributed by atoms with van der Waals surface area (Å²) < 4.78 is 0. The van der Waals surface area contributed by atoms with Crippen LogP contribution >= 0.6 is 11.8 Å². The zero-order valence-corrected chi connectivity index (χ0v) is 11.0. The van der Waals surface area contributed by atoms with Crippen LogP contribution in [0.25, 0.3) is 0 Å². The smallest absolute Gasteiger partial charge is 0.147 e. The Hall–Kier alpha value is -0.810. The lowest BCUT2D eigenvalue weighted by Gasteiger charge is -2.09. The number of hydrazine groups is 1. The van der Waals surface area contributed by atoms with Crippen molar-refractivity contribution < 1.29 is 0 Å². The molecule has 0 aliphatic heterocycles. The molecule has 1 heterocycles. The lowest BCUT2D eigenvalue weighted by Crippen LogP contribution is -2.12. The minimum Gasteiger partial charge on any atom is -0.308 e. The Kier molecular flexibility index (Phi) is 5.55. The number of hydrogen-bond acceptors (Lipinski definition) is 5. The number of thioether (sulfide) groups is 1. The molecule has 0 bridgehead atoms. The minimum atomic E-state index is 0.727. The Morgan fingerprint density at radius 1 is 1.25 bits per heavy atom. The highest BCUT2D eigenvalue weighted by Gasteiger charge is 2.08. The highest BCUT2D eigenvalue weighted by Crippen LogP contribution is 2.25. The van der Waals surface area contributed by atoms with Gasteiger partial charge < -0.3 is 5.43 Å². The van der Waals surface area contributed by atoms with Crippen molar-refractivity contribution in [2.24, 2.45) is 5.84 Å². The van der Waals surface area contributed by atoms with E-state index in [1.165, 1.54) is 19.3 Å². The highest BCUT2D eigenvalue weighted by atomic mass is 32.2. The van der Waals surface area contributed by atoms with E-state index in [1.807, 2.05) is 13.8 Å². The number of rotatable bonds is 6. The topological polar surface area (TPSA) is 63.8 Å². The Morgan fingerprint density at radius 2 is 2.00 bits per heavy atom. The Morgan fingerprint density at radius 3 is 2.62 bits per heavy atom. The summed E-state index contributed by atoms with van der Waals surface area (Å²) >= 11 is 1.78. The second kappa shape index (κ2) is 6.70. The maximum absolute atomic E-state index is 5.42. The molecule has 0 saturated heterocycles. The van der Waals surface area contributed by atoms with Crippen LogP contribution in [0.2, 0.25) is 0 Å². The van der Waals surface area contributed by atoms with Crippen LogP contribution in [0.1, 0.15) is 37.6 Å². The largest absolute Gasteiger partial charge is 0.308 e. The van der Waals surface area contributed by atoms with Gasteiger partial charge in [0.1, 0.15) is 16.7 Å². The maximum Gasteiger partial charge on any atom is 0.147 e. The molecule has 0 atom stereocenters. The summed E-state index contributed by atoms with van der Waals surface area (Å²) in [5, 5.41) is 1.04. The molecule has 0 aliphatic carbocycles. The van der Waals surface area contributed by atoms with Gasteiger partial charge in [-0.3, -0.25) is 0 Å². The quantitative estimate of drug-likeness (QED) is 0.263. The fourth-order valence-corrected chi connectivity index (χ4v) is 2.46. The summed E-state index contributed by atoms with van der Waals surface area (Å²) in [4.78, 5) is 8.67. The van der Waals surface area contributed by atoms with Gasteiger partial charge in [-0.05, 0) is 26.0 Å². The van der Waals surface area contributed by atoms with Crippen molar-refractivity contribution in [2.75, 3.05) is 11.2 Å². The predicted molar refractivity (Wildman–Crippen MR) is 69.6 cm³/mol. The van der Waals surface area contributed by atoms with Gasteiger partial charge in [0.2, 0.25) is 0 Å². The molecule has 1 rings (SSSR count). The second-order valence-corrected chi connectivity index (χ2v) is 4.83. The van der Waals surface area contributed by atoms with Crippen molar-refractivity contribution in [2.45, 2.75) is 45.1 Å². The maximum atomic E-state index is 5.42. The van der Waals surface area contributed by atoms with Gasteiger partial charge in [0.15, 0.2) is 0 Å². The van der Waals surface area contributed by atoms with E-state index in [4.69, 9.17) is 5.84 Å². The van der Waals surface area contributed by atoms with Gasteiger partial charge >= 0.3 is 0 Å². The van der Waals surface area contributed by atoms with E-state index in [9.17, 15) is 0 Å². The van der Waals surface area contributed by atoms with Crippen LogP contribution in [0.5, 0.6) is 0 Å². The Labute approximate surface area is 101 Å². The predicted octanol–water partition coefficient (Wildman–Crippen LogP) is 2.66. The molecule has 0 spiro atoms. The molecule has 4 nitrogen and oxygen atoms in total. The highest BCUT2D eigenvalue weighted by molar-refractivity contribution is 7.99. The first kappa shape index (κ1) is 13.3. The number of unbranched alkanes of at least 4 members (excludes halogenated alkanes) is 2. The number of anilines is 1. The molecule has 90 valence electrons. The fourth-order valence-electron chi connectivity index (χ4n) is 1.40. The van der Waals surface area contributed by atoms with Crippen molar-refractivity contribution in [3.63, 3.8) is 0 Å². The first-order valence-corrected chi connectivity index (χ1v) is 6.62. The molecule has 1 aromatic rings. The van der Waals surface area contributed by atoms with Crippen LogP contribution in [0.3, 0.4) is 0 Å². The van der Waals surface area contributed by atoms with E-state index in [1.54, 1.807) is 11.8 Å². The number of nitrogens with one attached hydrogen (secondary N) is 1. The summed E-state index contributed by atoms with van der Waals surface area (Å²) in [6.45, 7) is 6.09. The van der Waals surface area contributed by atoms with Gasteiger partial charge in [0.05, 0.1) is 0 Å². The van der Waals surface area contributed by atoms with E-state index in [-0.39, 0.29) is 0 Å². The molecule has 0 aliphatic rings. The van der Waals surface area contributed by atoms with E-state index in [0.717, 1.165) is 28.0 Å². The molecular weight excluding hydrogens is 220 g/mol. The molecule has 0 saturated carbocycles. The van der Waals surface area contributed by atoms with Crippen molar-refractivity contribution in [1.29, 1.82) is 0 Å². The standard InChI is InChI=1S/C11H20N4S/c1-4-5-6-7-16-11-8(2)10(15-12)13-9(3)14-11/h4-7,12H2,1-3H3,(H,13,14,15). The first-order valence-electron chi connectivity index (χ1n) is 5.63. The second-order valence-electron chi connectivity index (χ2n) is 3.75. The molecular formula is C11H20N4S. The molecule has 0 fully saturated rings. The van der Waals surface area contributed by atoms with Crippen molar-refractivity contribution in [3.05, 3.63) is 11.4 Å². The number of nitrogens with two attached hydrogens (primary N) is 1. The van der Waals surface area contributed by atoms with Crippen molar-refractivity contribution >= 4 is 17.6 Å². The van der Waals surface area contributed by atoms with Crippen molar-refractivity contribution in [3.8, 4) is 0 Å². The minimum absolute atomic E-state index is 0.727. The van der Waals surface area contributed by atoms with Crippen LogP contribution < -0.4 is 11.3 Å². The number of aromatic nitrogens is 2. The molecule has 0 amide bonds. The van der Waals surface area contributed by atoms with Gasteiger partial charge in [0.25, 0.3) is 0 Å². The molecule has 1 aromatic heterocycles. The van der Waals surface area contributed by atoms with Crippen LogP contribution in [-0.4, -0.2) is 15.7 Å². The van der Waals surface area contributed by atoms with E-state index >= 15 is 0 Å². The van der Waals surface area contributed by atoms with Gasteiger partial charge in [-0.1, -0.05) is 19.8 Å². The first-order chi connectivity index (χ1) is 7.69. The molecule has 5 heteroatoms. The van der Waals surface area contributed by atoms with Crippen LogP contribution in [-0.2, 0) is 0 Å². The normalized spacial score (nSPS) is 10.5. The summed E-state index contributed by atoms with van der Waals surface area (Å²) in [5.41, 5.74) is 3.65. The molecule has 0 radical (unpaired) electrons. The van der Waals surface area contributed by atoms with Gasteiger partial charge in [-0.15, -0.1) is 11.8 Å². The Bertz CT molecular complexity index is 341. The fraction of sp³-hybridized carbons (Fsp3) is 0.636. The van der Waals surface area contributed by atoms with Gasteiger partial charge in [-0.25, -0.2) is 15.8 Å². The van der Waals surface area contributed by atoms with Gasteiger partial charge in [0, 0.05) is 5.56 Å². The average molecular weight is 240 g/mol. The third-order valence-corrected chi connectivity index (χ3v) is 3.50. The summed E-state index contributed by atoms with van der Waals surface area (Å²) in [6, 6.07) is 0. The zero-order valence-electron chi connectivity index (χ0n) is 10.2. The third-order valence-electron chi connectivity index (χ3n) is 2.34. The van der Waals surface area contributed by atoms with Crippen LogP contribution in [0.15, 0.2) is 5.03 Å². The summed E-state index contributed by atoms with van der Waals surface area (Å²) in [5.74, 6) is 8.01. The average Bonchev–Trinajstić information content (AvgIpc) is 2.28. The zero-order chi connectivity index (χ0) is 12.0. The number of hydrogen-bond donors (Lipinski definition) is 2. The molecule has 0 aromatic carbocycles. The number of nitrogen functional groups attached to an aromatic ring is 1. The van der Waals surface area contributed by atoms with E-state index < -0.39 is 0 Å². The SMILES string of the molecule is CCCCCSc1nc(C)nc(NN)c1C. The van der Waals surface area contributed by atoms with Crippen LogP contribution in [0.4, 0.5) is 5.82 Å². The number of aryl methyl sites for hydroxylation is 1. The number of nitrogens with zero attached hydrogens (tertiary/aromatic N) is 2. The Balaban J connectivity index is 2.67. The monoisotopic (exact) mass is 240 g/mol. The summed E-state index contributed by atoms with van der Waals surface area (Å²) in [6.07, 6.45) is 3.76. The molecule has 3 N–H and O–H groups in total. The van der Waals surface area contributed by atoms with E-state index in [2.05, 4.69) is 22.3 Å². The summed E-state index contributed by atoms with van der Waals surface area (Å²) in [7, 11) is 0. The van der Waals surface area contributed by atoms with Crippen LogP contribution in [0, 0.1) is 13.8 Å². The third kappa shape index (κ3) is 3.64. The lowest BCUT2D eigenvalue weighted by molar-refractivity contribution is 0.777. The van der Waals surface area contributed by atoms with Crippen molar-refractivity contribution in [1.82, 2.24) is 9.97 Å². The van der Waals surface area contributed by atoms with Gasteiger partial charge in [-0.2, -0.15) is 0 Å². The lowest BCUT2D eigenvalue weighted by atomic mass is 10.3.